The fourth-order valence-corrected chi connectivity index (χ4v) is 2.54. The third-order valence-corrected chi connectivity index (χ3v) is 3.67. The first-order valence-electron chi connectivity index (χ1n) is 6.39. The van der Waals surface area contributed by atoms with Crippen LogP contribution in [0.5, 0.6) is 5.75 Å². The number of nitrogens with one attached hydrogen (secondary N) is 1. The fourth-order valence-electron chi connectivity index (χ4n) is 2.54. The van der Waals surface area contributed by atoms with Crippen LogP contribution in [0.4, 0.5) is 5.69 Å². The molecule has 1 N–H and O–H groups in total. The smallest absolute Gasteiger partial charge is 0.122 e. The van der Waals surface area contributed by atoms with E-state index >= 15 is 0 Å². The highest BCUT2D eigenvalue weighted by molar-refractivity contribution is 5.53. The zero-order chi connectivity index (χ0) is 11.0. The number of rotatable bonds is 4. The second-order valence-electron chi connectivity index (χ2n) is 4.92. The molecule has 16 heavy (non-hydrogen) atoms. The molecule has 1 aromatic rings. The predicted molar refractivity (Wildman–Crippen MR) is 66.1 cm³/mol. The van der Waals surface area contributed by atoms with Crippen LogP contribution in [-0.4, -0.2) is 12.6 Å². The number of hydrogen-bond acceptors (Lipinski definition) is 2. The van der Waals surface area contributed by atoms with Gasteiger partial charge in [-0.05, 0) is 48.9 Å². The van der Waals surface area contributed by atoms with Crippen molar-refractivity contribution >= 4 is 5.69 Å². The molecule has 3 rings (SSSR count). The lowest BCUT2D eigenvalue weighted by atomic mass is 10.1. The van der Waals surface area contributed by atoms with Crippen LogP contribution in [0.3, 0.4) is 0 Å². The van der Waals surface area contributed by atoms with Crippen molar-refractivity contribution in [2.24, 2.45) is 5.92 Å². The molecule has 1 atom stereocenters. The molecule has 86 valence electrons. The third-order valence-electron chi connectivity index (χ3n) is 3.67. The van der Waals surface area contributed by atoms with E-state index in [1.165, 1.54) is 30.5 Å². The molecular formula is C14H19NO. The molecule has 1 unspecified atom stereocenters. The zero-order valence-electron chi connectivity index (χ0n) is 9.83. The van der Waals surface area contributed by atoms with Gasteiger partial charge in [-0.15, -0.1) is 0 Å². The van der Waals surface area contributed by atoms with E-state index in [4.69, 9.17) is 4.74 Å². The predicted octanol–water partition coefficient (Wildman–Crippen LogP) is 3.22. The highest BCUT2D eigenvalue weighted by Gasteiger charge is 2.29. The van der Waals surface area contributed by atoms with Crippen LogP contribution in [0.1, 0.15) is 31.7 Å². The molecular weight excluding hydrogens is 198 g/mol. The maximum atomic E-state index is 5.52. The van der Waals surface area contributed by atoms with Crippen LogP contribution in [0.2, 0.25) is 0 Å². The minimum atomic E-state index is 0.667. The average Bonchev–Trinajstić information content (AvgIpc) is 3.04. The number of ether oxygens (including phenoxy) is 1. The Balaban J connectivity index is 1.74. The first-order chi connectivity index (χ1) is 7.86. The molecule has 2 nitrogen and oxygen atoms in total. The van der Waals surface area contributed by atoms with E-state index in [9.17, 15) is 0 Å². The quantitative estimate of drug-likeness (QED) is 0.836. The maximum absolute atomic E-state index is 5.52. The van der Waals surface area contributed by atoms with Crippen LogP contribution in [0.25, 0.3) is 0 Å². The van der Waals surface area contributed by atoms with Gasteiger partial charge in [0.25, 0.3) is 0 Å². The topological polar surface area (TPSA) is 21.3 Å². The van der Waals surface area contributed by atoms with Gasteiger partial charge in [-0.3, -0.25) is 0 Å². The molecule has 1 aromatic carbocycles. The van der Waals surface area contributed by atoms with Crippen molar-refractivity contribution in [1.82, 2.24) is 0 Å². The summed E-state index contributed by atoms with van der Waals surface area (Å²) >= 11 is 0. The lowest BCUT2D eigenvalue weighted by Crippen LogP contribution is -2.20. The Morgan fingerprint density at radius 2 is 2.31 bits per heavy atom. The number of hydrogen-bond donors (Lipinski definition) is 1. The molecule has 0 saturated heterocycles. The van der Waals surface area contributed by atoms with E-state index in [1.54, 1.807) is 0 Å². The van der Waals surface area contributed by atoms with Crippen LogP contribution < -0.4 is 10.1 Å². The van der Waals surface area contributed by atoms with Crippen molar-refractivity contribution in [3.8, 4) is 5.75 Å². The van der Waals surface area contributed by atoms with E-state index in [-0.39, 0.29) is 0 Å². The van der Waals surface area contributed by atoms with Gasteiger partial charge in [-0.2, -0.15) is 0 Å². The molecule has 0 aromatic heterocycles. The van der Waals surface area contributed by atoms with Crippen molar-refractivity contribution < 1.29 is 4.74 Å². The SMILES string of the molecule is CCC(Nc1ccc2c(c1)CCO2)C1CC1. The van der Waals surface area contributed by atoms with E-state index in [1.807, 2.05) is 0 Å². The third kappa shape index (κ3) is 1.89. The molecule has 2 heteroatoms. The summed E-state index contributed by atoms with van der Waals surface area (Å²) in [4.78, 5) is 0. The van der Waals surface area contributed by atoms with Crippen molar-refractivity contribution in [1.29, 1.82) is 0 Å². The Labute approximate surface area is 97.0 Å². The highest BCUT2D eigenvalue weighted by atomic mass is 16.5. The van der Waals surface area contributed by atoms with Crippen molar-refractivity contribution in [2.75, 3.05) is 11.9 Å². The van der Waals surface area contributed by atoms with Crippen LogP contribution in [-0.2, 0) is 6.42 Å². The standard InChI is InChI=1S/C14H19NO/c1-2-13(10-3-4-10)15-12-5-6-14-11(9-12)7-8-16-14/h5-6,9-10,13,15H,2-4,7-8H2,1H3. The second-order valence-corrected chi connectivity index (χ2v) is 4.92. The normalized spacial score (nSPS) is 20.1. The second kappa shape index (κ2) is 4.00. The lowest BCUT2D eigenvalue weighted by molar-refractivity contribution is 0.357. The Kier molecular flexibility index (Phi) is 2.50. The molecule has 0 bridgehead atoms. The molecule has 1 saturated carbocycles. The molecule has 1 aliphatic carbocycles. The monoisotopic (exact) mass is 217 g/mol. The summed E-state index contributed by atoms with van der Waals surface area (Å²) in [5, 5.41) is 3.66. The van der Waals surface area contributed by atoms with Gasteiger partial charge in [0.2, 0.25) is 0 Å². The average molecular weight is 217 g/mol. The Morgan fingerprint density at radius 1 is 1.44 bits per heavy atom. The van der Waals surface area contributed by atoms with E-state index in [2.05, 4.69) is 30.4 Å². The van der Waals surface area contributed by atoms with Crippen molar-refractivity contribution in [3.05, 3.63) is 23.8 Å². The minimum Gasteiger partial charge on any atom is -0.493 e. The van der Waals surface area contributed by atoms with Gasteiger partial charge in [0, 0.05) is 18.2 Å². The Bertz CT molecular complexity index is 384. The minimum absolute atomic E-state index is 0.667. The fraction of sp³-hybridized carbons (Fsp3) is 0.571. The summed E-state index contributed by atoms with van der Waals surface area (Å²) in [5.41, 5.74) is 2.62. The summed E-state index contributed by atoms with van der Waals surface area (Å²) in [6.07, 6.45) is 5.09. The zero-order valence-corrected chi connectivity index (χ0v) is 9.83. The first-order valence-corrected chi connectivity index (χ1v) is 6.39. The molecule has 0 radical (unpaired) electrons. The molecule has 1 heterocycles. The molecule has 1 fully saturated rings. The van der Waals surface area contributed by atoms with Crippen molar-refractivity contribution in [2.45, 2.75) is 38.6 Å². The highest BCUT2D eigenvalue weighted by Crippen LogP contribution is 2.36. The van der Waals surface area contributed by atoms with Gasteiger partial charge in [0.1, 0.15) is 5.75 Å². The van der Waals surface area contributed by atoms with Gasteiger partial charge in [-0.1, -0.05) is 6.92 Å². The van der Waals surface area contributed by atoms with Gasteiger partial charge >= 0.3 is 0 Å². The summed E-state index contributed by atoms with van der Waals surface area (Å²) in [5.74, 6) is 1.99. The van der Waals surface area contributed by atoms with Crippen molar-refractivity contribution in [3.63, 3.8) is 0 Å². The van der Waals surface area contributed by atoms with Crippen LogP contribution in [0, 0.1) is 5.92 Å². The summed E-state index contributed by atoms with van der Waals surface area (Å²) in [6.45, 7) is 3.12. The van der Waals surface area contributed by atoms with Gasteiger partial charge in [0.15, 0.2) is 0 Å². The lowest BCUT2D eigenvalue weighted by Gasteiger charge is -2.18. The number of benzene rings is 1. The molecule has 1 aliphatic heterocycles. The van der Waals surface area contributed by atoms with Gasteiger partial charge < -0.3 is 10.1 Å². The molecule has 0 spiro atoms. The van der Waals surface area contributed by atoms with Crippen LogP contribution >= 0.6 is 0 Å². The van der Waals surface area contributed by atoms with E-state index < -0.39 is 0 Å². The van der Waals surface area contributed by atoms with E-state index in [0.29, 0.717) is 6.04 Å². The maximum Gasteiger partial charge on any atom is 0.122 e. The van der Waals surface area contributed by atoms with Crippen LogP contribution in [0.15, 0.2) is 18.2 Å². The van der Waals surface area contributed by atoms with Gasteiger partial charge in [-0.25, -0.2) is 0 Å². The molecule has 2 aliphatic rings. The van der Waals surface area contributed by atoms with E-state index in [0.717, 1.165) is 24.7 Å². The molecule has 0 amide bonds. The van der Waals surface area contributed by atoms with Gasteiger partial charge in [0.05, 0.1) is 6.61 Å². The summed E-state index contributed by atoms with van der Waals surface area (Å²) < 4.78 is 5.52. The Hall–Kier alpha value is -1.18. The number of fused-ring (bicyclic) bond motifs is 1. The Morgan fingerprint density at radius 3 is 3.06 bits per heavy atom. The summed E-state index contributed by atoms with van der Waals surface area (Å²) in [6, 6.07) is 7.17. The number of anilines is 1. The first kappa shape index (κ1) is 10.0. The largest absolute Gasteiger partial charge is 0.493 e. The summed E-state index contributed by atoms with van der Waals surface area (Å²) in [7, 11) is 0.